The lowest BCUT2D eigenvalue weighted by Crippen LogP contribution is -2.42. The Morgan fingerprint density at radius 2 is 1.76 bits per heavy atom. The normalized spacial score (nSPS) is 11.7. The van der Waals surface area contributed by atoms with Gasteiger partial charge in [0.05, 0.1) is 5.39 Å². The topological polar surface area (TPSA) is 180 Å². The molecular formula is C27H27N5O6. The number of hydrogen-bond acceptors (Lipinski definition) is 7. The standard InChI is InChI=1S/C27H27N5O6/c28-27-31-23-22(25(36)32-27)19(14-29-23)11-8-16-6-9-18(10-7-16)24(35)30-20(12-13-21(33)34)26(37)38-15-17-4-2-1-3-5-17/h1-7,9-10,14,20H,8,11-13,15H2,(H,30,35)(H,33,34)(H4,28,29,31,32,36)/t20-/m0/s1. The number of aromatic amines is 2. The highest BCUT2D eigenvalue weighted by molar-refractivity contribution is 5.96. The number of anilines is 1. The van der Waals surface area contributed by atoms with E-state index in [2.05, 4.69) is 20.3 Å². The average Bonchev–Trinajstić information content (AvgIpc) is 3.32. The van der Waals surface area contributed by atoms with Crippen molar-refractivity contribution < 1.29 is 24.2 Å². The SMILES string of the molecule is Nc1nc2[nH]cc(CCc3ccc(C(=O)N[C@@H](CCC(=O)O)C(=O)OCc4ccccc4)cc3)c2c(=O)[nH]1. The molecule has 0 spiro atoms. The lowest BCUT2D eigenvalue weighted by atomic mass is 10.0. The van der Waals surface area contributed by atoms with Gasteiger partial charge in [-0.3, -0.25) is 19.4 Å². The largest absolute Gasteiger partial charge is 0.481 e. The van der Waals surface area contributed by atoms with Gasteiger partial charge in [0, 0.05) is 18.2 Å². The van der Waals surface area contributed by atoms with Crippen molar-refractivity contribution in [1.82, 2.24) is 20.3 Å². The number of amides is 1. The maximum atomic E-state index is 12.8. The summed E-state index contributed by atoms with van der Waals surface area (Å²) >= 11 is 0. The van der Waals surface area contributed by atoms with Crippen LogP contribution in [0.1, 0.15) is 39.9 Å². The summed E-state index contributed by atoms with van der Waals surface area (Å²) in [5.74, 6) is -2.26. The Labute approximate surface area is 217 Å². The zero-order valence-electron chi connectivity index (χ0n) is 20.4. The fourth-order valence-corrected chi connectivity index (χ4v) is 4.01. The molecule has 2 aromatic carbocycles. The number of nitrogens with two attached hydrogens (primary N) is 1. The van der Waals surface area contributed by atoms with Crippen molar-refractivity contribution in [3.63, 3.8) is 0 Å². The highest BCUT2D eigenvalue weighted by Gasteiger charge is 2.24. The lowest BCUT2D eigenvalue weighted by molar-refractivity contribution is -0.147. The number of benzene rings is 2. The van der Waals surface area contributed by atoms with Crippen LogP contribution in [0.5, 0.6) is 0 Å². The number of carbonyl (C=O) groups is 3. The first-order valence-electron chi connectivity index (χ1n) is 12.0. The number of carboxylic acids is 1. The van der Waals surface area contributed by atoms with Gasteiger partial charge in [0.1, 0.15) is 18.3 Å². The molecule has 0 saturated carbocycles. The molecule has 0 aliphatic heterocycles. The van der Waals surface area contributed by atoms with Crippen LogP contribution >= 0.6 is 0 Å². The number of nitrogens with zero attached hydrogens (tertiary/aromatic N) is 1. The molecule has 0 fully saturated rings. The van der Waals surface area contributed by atoms with Gasteiger partial charge in [0.15, 0.2) is 0 Å². The first kappa shape index (κ1) is 26.1. The van der Waals surface area contributed by atoms with Gasteiger partial charge in [-0.15, -0.1) is 0 Å². The van der Waals surface area contributed by atoms with Crippen molar-refractivity contribution >= 4 is 34.8 Å². The van der Waals surface area contributed by atoms with Gasteiger partial charge >= 0.3 is 11.9 Å². The van der Waals surface area contributed by atoms with Crippen LogP contribution in [0.3, 0.4) is 0 Å². The fourth-order valence-electron chi connectivity index (χ4n) is 4.01. The van der Waals surface area contributed by atoms with Crippen molar-refractivity contribution in [3.8, 4) is 0 Å². The predicted molar refractivity (Wildman–Crippen MR) is 139 cm³/mol. The lowest BCUT2D eigenvalue weighted by Gasteiger charge is -2.17. The molecule has 0 unspecified atom stereocenters. The molecule has 11 heteroatoms. The van der Waals surface area contributed by atoms with E-state index in [4.69, 9.17) is 15.6 Å². The van der Waals surface area contributed by atoms with Crippen LogP contribution in [0.15, 0.2) is 65.6 Å². The molecule has 0 aliphatic carbocycles. The van der Waals surface area contributed by atoms with E-state index in [-0.39, 0.29) is 31.0 Å². The monoisotopic (exact) mass is 517 g/mol. The van der Waals surface area contributed by atoms with Crippen LogP contribution in [0, 0.1) is 0 Å². The van der Waals surface area contributed by atoms with Crippen LogP contribution in [-0.2, 0) is 33.8 Å². The molecule has 0 bridgehead atoms. The van der Waals surface area contributed by atoms with Gasteiger partial charge in [-0.25, -0.2) is 4.79 Å². The Kier molecular flexibility index (Phi) is 8.17. The summed E-state index contributed by atoms with van der Waals surface area (Å²) in [4.78, 5) is 58.3. The van der Waals surface area contributed by atoms with E-state index in [0.29, 0.717) is 29.4 Å². The molecular weight excluding hydrogens is 490 g/mol. The van der Waals surface area contributed by atoms with Crippen LogP contribution in [0.25, 0.3) is 11.0 Å². The number of aliphatic carboxylic acids is 1. The zero-order valence-corrected chi connectivity index (χ0v) is 20.4. The van der Waals surface area contributed by atoms with Gasteiger partial charge in [0.25, 0.3) is 11.5 Å². The molecule has 2 aromatic heterocycles. The number of nitrogens with one attached hydrogen (secondary N) is 3. The summed E-state index contributed by atoms with van der Waals surface area (Å²) in [5, 5.41) is 12.1. The number of carbonyl (C=O) groups excluding carboxylic acids is 2. The second kappa shape index (κ2) is 11.9. The first-order chi connectivity index (χ1) is 18.3. The number of carboxylic acid groups (broad SMARTS) is 1. The minimum absolute atomic E-state index is 0.0134. The number of hydrogen-bond donors (Lipinski definition) is 5. The molecule has 2 heterocycles. The quantitative estimate of drug-likeness (QED) is 0.188. The second-order valence-corrected chi connectivity index (χ2v) is 8.74. The maximum Gasteiger partial charge on any atom is 0.328 e. The highest BCUT2D eigenvalue weighted by atomic mass is 16.5. The number of fused-ring (bicyclic) bond motifs is 1. The Hall–Kier alpha value is -4.93. The van der Waals surface area contributed by atoms with Crippen molar-refractivity contribution in [3.05, 3.63) is 93.4 Å². The van der Waals surface area contributed by atoms with Gasteiger partial charge < -0.3 is 25.9 Å². The molecule has 1 amide bonds. The summed E-state index contributed by atoms with van der Waals surface area (Å²) in [6.45, 7) is 0.0134. The van der Waals surface area contributed by atoms with Crippen molar-refractivity contribution in [2.75, 3.05) is 5.73 Å². The van der Waals surface area contributed by atoms with Gasteiger partial charge in [-0.05, 0) is 48.1 Å². The molecule has 0 aliphatic rings. The molecule has 0 radical (unpaired) electrons. The van der Waals surface area contributed by atoms with E-state index in [1.165, 1.54) is 0 Å². The summed E-state index contributed by atoms with van der Waals surface area (Å²) in [6.07, 6.45) is 2.49. The van der Waals surface area contributed by atoms with Crippen molar-refractivity contribution in [1.29, 1.82) is 0 Å². The van der Waals surface area contributed by atoms with E-state index in [0.717, 1.165) is 16.7 Å². The third kappa shape index (κ3) is 6.64. The smallest absolute Gasteiger partial charge is 0.328 e. The Morgan fingerprint density at radius 1 is 1.03 bits per heavy atom. The molecule has 4 aromatic rings. The summed E-state index contributed by atoms with van der Waals surface area (Å²) in [6, 6.07) is 14.8. The van der Waals surface area contributed by atoms with Crippen LogP contribution in [0.4, 0.5) is 5.95 Å². The minimum Gasteiger partial charge on any atom is -0.481 e. The average molecular weight is 518 g/mol. The van der Waals surface area contributed by atoms with E-state index < -0.39 is 23.9 Å². The van der Waals surface area contributed by atoms with Crippen LogP contribution < -0.4 is 16.6 Å². The Balaban J connectivity index is 1.37. The molecule has 6 N–H and O–H groups in total. The zero-order chi connectivity index (χ0) is 27.1. The molecule has 38 heavy (non-hydrogen) atoms. The van der Waals surface area contributed by atoms with E-state index >= 15 is 0 Å². The van der Waals surface area contributed by atoms with Gasteiger partial charge in [-0.2, -0.15) is 4.98 Å². The molecule has 11 nitrogen and oxygen atoms in total. The molecule has 1 atom stereocenters. The van der Waals surface area contributed by atoms with E-state index in [9.17, 15) is 19.2 Å². The summed E-state index contributed by atoms with van der Waals surface area (Å²) in [7, 11) is 0. The van der Waals surface area contributed by atoms with Crippen molar-refractivity contribution in [2.24, 2.45) is 0 Å². The number of nitrogen functional groups attached to an aromatic ring is 1. The predicted octanol–water partition coefficient (Wildman–Crippen LogP) is 2.33. The van der Waals surface area contributed by atoms with E-state index in [1.54, 1.807) is 42.6 Å². The van der Waals surface area contributed by atoms with Crippen LogP contribution in [-0.4, -0.2) is 43.9 Å². The number of rotatable bonds is 11. The van der Waals surface area contributed by atoms with Gasteiger partial charge in [-0.1, -0.05) is 42.5 Å². The first-order valence-corrected chi connectivity index (χ1v) is 12.0. The number of esters is 1. The number of ether oxygens (including phenoxy) is 1. The number of aromatic nitrogens is 3. The third-order valence-electron chi connectivity index (χ3n) is 6.00. The Morgan fingerprint density at radius 3 is 2.47 bits per heavy atom. The van der Waals surface area contributed by atoms with Gasteiger partial charge in [0.2, 0.25) is 5.95 Å². The number of aryl methyl sites for hydroxylation is 2. The van der Waals surface area contributed by atoms with Crippen LogP contribution in [0.2, 0.25) is 0 Å². The summed E-state index contributed by atoms with van der Waals surface area (Å²) < 4.78 is 5.31. The minimum atomic E-state index is -1.11. The molecule has 4 rings (SSSR count). The number of H-pyrrole nitrogens is 2. The fraction of sp³-hybridized carbons (Fsp3) is 0.222. The highest BCUT2D eigenvalue weighted by Crippen LogP contribution is 2.16. The molecule has 196 valence electrons. The van der Waals surface area contributed by atoms with Crippen molar-refractivity contribution in [2.45, 2.75) is 38.3 Å². The molecule has 0 saturated heterocycles. The third-order valence-corrected chi connectivity index (χ3v) is 6.00. The second-order valence-electron chi connectivity index (χ2n) is 8.74. The Bertz CT molecular complexity index is 1490. The summed E-state index contributed by atoms with van der Waals surface area (Å²) in [5.41, 5.74) is 8.51. The van der Waals surface area contributed by atoms with E-state index in [1.807, 2.05) is 18.2 Å². The maximum absolute atomic E-state index is 12.8.